The number of nitrogens with one attached hydrogen (secondary N) is 6. The molecule has 2 aromatic carbocycles. The van der Waals surface area contributed by atoms with Gasteiger partial charge in [0.1, 0.15) is 36.3 Å². The van der Waals surface area contributed by atoms with Gasteiger partial charge in [-0.25, -0.2) is 0 Å². The summed E-state index contributed by atoms with van der Waals surface area (Å²) in [5.74, 6) is -3.58. The predicted molar refractivity (Wildman–Crippen MR) is 244 cm³/mol. The van der Waals surface area contributed by atoms with E-state index >= 15 is 0 Å². The molecule has 2 aromatic rings. The molecule has 1 aliphatic carbocycles. The van der Waals surface area contributed by atoms with E-state index in [1.54, 1.807) is 0 Å². The predicted octanol–water partition coefficient (Wildman–Crippen LogP) is -0.528. The van der Waals surface area contributed by atoms with Gasteiger partial charge in [0.15, 0.2) is 5.96 Å². The molecule has 0 spiro atoms. The largest absolute Gasteiger partial charge is 0.370 e. The average molecular weight is 896 g/mol. The number of hydrogen-bond donors (Lipinski definition) is 8. The molecular formula is C47H65N11O7. The number of carbonyl (C=O) groups is 7. The molecule has 65 heavy (non-hydrogen) atoms. The fourth-order valence-corrected chi connectivity index (χ4v) is 9.36. The van der Waals surface area contributed by atoms with Crippen LogP contribution in [0.15, 0.2) is 64.6 Å². The summed E-state index contributed by atoms with van der Waals surface area (Å²) in [4.78, 5) is 108. The number of amides is 7. The van der Waals surface area contributed by atoms with Crippen molar-refractivity contribution in [3.63, 3.8) is 0 Å². The Balaban J connectivity index is 1.31. The molecule has 3 heterocycles. The van der Waals surface area contributed by atoms with Gasteiger partial charge in [0.25, 0.3) is 0 Å². The highest BCUT2D eigenvalue weighted by molar-refractivity contribution is 5.97. The minimum Gasteiger partial charge on any atom is -0.370 e. The Bertz CT molecular complexity index is 2190. The zero-order chi connectivity index (χ0) is 46.3. The lowest BCUT2D eigenvalue weighted by Gasteiger charge is -2.32. The maximum absolute atomic E-state index is 14.6. The van der Waals surface area contributed by atoms with Gasteiger partial charge in [-0.2, -0.15) is 0 Å². The number of hydrogen-bond acceptors (Lipinski definition) is 9. The van der Waals surface area contributed by atoms with E-state index in [0.717, 1.165) is 53.8 Å². The van der Waals surface area contributed by atoms with Crippen molar-refractivity contribution in [1.82, 2.24) is 36.8 Å². The number of guanidine groups is 1. The molecule has 6 rings (SSSR count). The molecule has 18 heteroatoms. The Morgan fingerprint density at radius 2 is 1.52 bits per heavy atom. The van der Waals surface area contributed by atoms with Crippen LogP contribution in [0, 0.1) is 5.92 Å². The molecule has 18 nitrogen and oxygen atoms in total. The highest BCUT2D eigenvalue weighted by Gasteiger charge is 2.40. The molecule has 7 amide bonds. The van der Waals surface area contributed by atoms with Crippen LogP contribution in [0.2, 0.25) is 0 Å². The third kappa shape index (κ3) is 13.8. The summed E-state index contributed by atoms with van der Waals surface area (Å²) < 4.78 is 0. The first-order chi connectivity index (χ1) is 31.4. The van der Waals surface area contributed by atoms with Crippen molar-refractivity contribution in [3.8, 4) is 0 Å². The third-order valence-corrected chi connectivity index (χ3v) is 12.7. The molecule has 2 saturated heterocycles. The zero-order valence-electron chi connectivity index (χ0n) is 37.3. The van der Waals surface area contributed by atoms with Gasteiger partial charge in [0.2, 0.25) is 41.4 Å². The van der Waals surface area contributed by atoms with Crippen LogP contribution in [0.4, 0.5) is 0 Å². The van der Waals surface area contributed by atoms with Crippen molar-refractivity contribution in [1.29, 1.82) is 0 Å². The minimum atomic E-state index is -1.13. The Hall–Kier alpha value is -6.33. The van der Waals surface area contributed by atoms with Crippen LogP contribution < -0.4 is 53.9 Å². The molecule has 4 aliphatic rings. The maximum atomic E-state index is 14.6. The molecule has 0 bridgehead atoms. The normalized spacial score (nSPS) is 24.1. The molecule has 350 valence electrons. The number of para-hydroxylation sites is 1. The fraction of sp³-hybridized carbons (Fsp3) is 0.553. The molecule has 0 unspecified atom stereocenters. The lowest BCUT2D eigenvalue weighted by atomic mass is 9.84. The van der Waals surface area contributed by atoms with Crippen molar-refractivity contribution in [3.05, 3.63) is 70.7 Å². The first-order valence-corrected chi connectivity index (χ1v) is 23.1. The summed E-state index contributed by atoms with van der Waals surface area (Å²) in [5, 5.41) is 19.0. The van der Waals surface area contributed by atoms with E-state index < -0.39 is 77.6 Å². The molecule has 0 aromatic heterocycles. The third-order valence-electron chi connectivity index (χ3n) is 12.7. The molecule has 3 aliphatic heterocycles. The number of carbonyl (C=O) groups excluding carboxylic acids is 7. The number of aliphatic imine (C=N–C) groups is 1. The van der Waals surface area contributed by atoms with Crippen LogP contribution in [0.25, 0.3) is 5.57 Å². The van der Waals surface area contributed by atoms with Crippen LogP contribution in [0.3, 0.4) is 0 Å². The van der Waals surface area contributed by atoms with Gasteiger partial charge in [-0.1, -0.05) is 80.6 Å². The van der Waals surface area contributed by atoms with Crippen molar-refractivity contribution in [2.45, 2.75) is 133 Å². The van der Waals surface area contributed by atoms with Crippen LogP contribution in [-0.4, -0.2) is 115 Å². The molecule has 3 fully saturated rings. The number of rotatable bonds is 13. The second-order valence-corrected chi connectivity index (χ2v) is 17.6. The van der Waals surface area contributed by atoms with Crippen LogP contribution in [0.1, 0.15) is 96.0 Å². The van der Waals surface area contributed by atoms with E-state index in [-0.39, 0.29) is 63.6 Å². The van der Waals surface area contributed by atoms with Crippen molar-refractivity contribution in [2.75, 3.05) is 26.2 Å². The van der Waals surface area contributed by atoms with Gasteiger partial charge in [-0.05, 0) is 68.1 Å². The van der Waals surface area contributed by atoms with Gasteiger partial charge in [0, 0.05) is 44.6 Å². The van der Waals surface area contributed by atoms with Crippen LogP contribution >= 0.6 is 0 Å². The van der Waals surface area contributed by atoms with Crippen molar-refractivity contribution < 1.29 is 33.6 Å². The fourth-order valence-electron chi connectivity index (χ4n) is 9.36. The SMILES string of the molecule is CC(=O)N[C@H](Cc1ccccc1)C(=O)N[C@@H]1CCCNC(=O)[C@H](CCCN=C(N)N)NC(=O)[C@H](CC2=c3ccccc3=NC2)NC(=O)[C@@H](CC2CCCCC2)NC(=O)[C@H]2CCCN2C1=O. The van der Waals surface area contributed by atoms with Gasteiger partial charge in [-0.3, -0.25) is 43.5 Å². The number of benzene rings is 2. The van der Waals surface area contributed by atoms with Gasteiger partial charge in [0.05, 0.1) is 11.9 Å². The van der Waals surface area contributed by atoms with Crippen molar-refractivity contribution >= 4 is 52.9 Å². The molecule has 10 N–H and O–H groups in total. The smallest absolute Gasteiger partial charge is 0.245 e. The molecule has 6 atom stereocenters. The Morgan fingerprint density at radius 3 is 2.28 bits per heavy atom. The van der Waals surface area contributed by atoms with E-state index in [4.69, 9.17) is 11.5 Å². The summed E-state index contributed by atoms with van der Waals surface area (Å²) in [6.45, 7) is 2.16. The summed E-state index contributed by atoms with van der Waals surface area (Å²) in [7, 11) is 0. The summed E-state index contributed by atoms with van der Waals surface area (Å²) >= 11 is 0. The number of nitrogens with two attached hydrogens (primary N) is 2. The van der Waals surface area contributed by atoms with E-state index in [1.165, 1.54) is 11.8 Å². The van der Waals surface area contributed by atoms with Gasteiger partial charge in [-0.15, -0.1) is 0 Å². The second-order valence-electron chi connectivity index (χ2n) is 17.6. The highest BCUT2D eigenvalue weighted by Crippen LogP contribution is 2.28. The summed E-state index contributed by atoms with van der Waals surface area (Å²) in [6.07, 6.45) is 7.12. The summed E-state index contributed by atoms with van der Waals surface area (Å²) in [5.41, 5.74) is 12.7. The first kappa shape index (κ1) is 48.1. The van der Waals surface area contributed by atoms with E-state index in [2.05, 4.69) is 41.9 Å². The minimum absolute atomic E-state index is 0.0705. The maximum Gasteiger partial charge on any atom is 0.245 e. The quantitative estimate of drug-likeness (QED) is 0.0729. The van der Waals surface area contributed by atoms with Crippen LogP contribution in [-0.2, 0) is 40.0 Å². The van der Waals surface area contributed by atoms with E-state index in [1.807, 2.05) is 54.6 Å². The molecule has 1 saturated carbocycles. The Morgan fingerprint density at radius 1 is 0.815 bits per heavy atom. The highest BCUT2D eigenvalue weighted by atomic mass is 16.2. The first-order valence-electron chi connectivity index (χ1n) is 23.1. The van der Waals surface area contributed by atoms with E-state index in [9.17, 15) is 33.6 Å². The molecule has 0 radical (unpaired) electrons. The number of nitrogens with zero attached hydrogens (tertiary/aromatic N) is 3. The standard InChI is InChI=1S/C47H65N11O7/c1-29(59)53-37(25-30-13-4-2-5-14-30)42(61)55-36-20-11-22-50-41(60)35(19-10-23-51-47(48)49)54-44(63)39(27-32-28-52-34-18-9-8-17-33(32)34)56-43(62)38(26-31-15-6-3-7-16-31)57-45(64)40-21-12-24-58(40)46(36)65/h2,4-5,8-9,13-14,17-18,31,35-40H,3,6-7,10-12,15-16,19-28H2,1H3,(H,50,60)(H,53,59)(H,54,63)(H,55,61)(H,56,62)(H,57,64)(H4,48,49,51)/t35-,36+,37+,38+,39-,40+/m0/s1. The van der Waals surface area contributed by atoms with Gasteiger partial charge >= 0.3 is 0 Å². The Labute approximate surface area is 379 Å². The molecular weight excluding hydrogens is 831 g/mol. The average Bonchev–Trinajstić information content (AvgIpc) is 3.95. The van der Waals surface area contributed by atoms with E-state index in [0.29, 0.717) is 32.2 Å². The Kier molecular flexibility index (Phi) is 17.4. The monoisotopic (exact) mass is 896 g/mol. The second kappa shape index (κ2) is 23.6. The van der Waals surface area contributed by atoms with Crippen LogP contribution in [0.5, 0.6) is 0 Å². The summed E-state index contributed by atoms with van der Waals surface area (Å²) in [6, 6.07) is 10.5. The lowest BCUT2D eigenvalue weighted by molar-refractivity contribution is -0.142. The number of fused-ring (bicyclic) bond motifs is 2. The van der Waals surface area contributed by atoms with Crippen molar-refractivity contribution in [2.24, 2.45) is 27.4 Å². The topological polar surface area (TPSA) is 272 Å². The van der Waals surface area contributed by atoms with Gasteiger partial charge < -0.3 is 48.3 Å². The zero-order valence-corrected chi connectivity index (χ0v) is 37.3. The lowest BCUT2D eigenvalue weighted by Crippen LogP contribution is -2.60.